The van der Waals surface area contributed by atoms with Crippen LogP contribution in [0, 0.1) is 0 Å². The van der Waals surface area contributed by atoms with Crippen molar-refractivity contribution in [1.82, 2.24) is 0 Å². The monoisotopic (exact) mass is 672 g/mol. The standard InChI is InChI=1S/C30H56O16/c1-2-3-4-5-6-7-8-9-10-11-12-16(32)20(34)24(38)21(35)17(33)14-43-29-28(42)26(40)23(37)19(46-29)15-44-30-27(41)25(39)22(36)18(13-31)45-30/h17-31,33-42H,2-15H2,1H3/t17-,18-,19-,20+,21-,22-,23-,24-,25+,26+,27-,28-,29+,30+/m1/s1. The number of ether oxygens (including phenoxy) is 4. The van der Waals surface area contributed by atoms with Gasteiger partial charge in [0.25, 0.3) is 0 Å². The van der Waals surface area contributed by atoms with Gasteiger partial charge in [-0.1, -0.05) is 64.7 Å². The van der Waals surface area contributed by atoms with Gasteiger partial charge in [0.15, 0.2) is 18.4 Å². The second-order valence-corrected chi connectivity index (χ2v) is 12.3. The third-order valence-corrected chi connectivity index (χ3v) is 8.55. The van der Waals surface area contributed by atoms with Crippen molar-refractivity contribution in [3.63, 3.8) is 0 Å². The van der Waals surface area contributed by atoms with Crippen molar-refractivity contribution in [2.24, 2.45) is 0 Å². The van der Waals surface area contributed by atoms with Crippen LogP contribution in [0.5, 0.6) is 0 Å². The number of ketones is 1. The summed E-state index contributed by atoms with van der Waals surface area (Å²) in [5.74, 6) is -0.690. The summed E-state index contributed by atoms with van der Waals surface area (Å²) < 4.78 is 21.2. The maximum absolute atomic E-state index is 12.4. The molecule has 0 unspecified atom stereocenters. The van der Waals surface area contributed by atoms with Crippen molar-refractivity contribution in [1.29, 1.82) is 0 Å². The predicted molar refractivity (Wildman–Crippen MR) is 158 cm³/mol. The summed E-state index contributed by atoms with van der Waals surface area (Å²) >= 11 is 0. The highest BCUT2D eigenvalue weighted by Gasteiger charge is 2.48. The third kappa shape index (κ3) is 12.2. The molecule has 2 aliphatic rings. The van der Waals surface area contributed by atoms with E-state index in [-0.39, 0.29) is 6.42 Å². The highest BCUT2D eigenvalue weighted by atomic mass is 16.7. The summed E-state index contributed by atoms with van der Waals surface area (Å²) in [5, 5.41) is 111. The third-order valence-electron chi connectivity index (χ3n) is 8.55. The van der Waals surface area contributed by atoms with Crippen LogP contribution >= 0.6 is 0 Å². The van der Waals surface area contributed by atoms with E-state index in [0.29, 0.717) is 6.42 Å². The number of hydrogen-bond acceptors (Lipinski definition) is 16. The van der Waals surface area contributed by atoms with E-state index in [4.69, 9.17) is 18.9 Å². The van der Waals surface area contributed by atoms with E-state index in [0.717, 1.165) is 25.7 Å². The lowest BCUT2D eigenvalue weighted by molar-refractivity contribution is -0.333. The highest BCUT2D eigenvalue weighted by Crippen LogP contribution is 2.26. The molecule has 11 N–H and O–H groups in total. The van der Waals surface area contributed by atoms with E-state index in [2.05, 4.69) is 6.92 Å². The molecule has 0 saturated carbocycles. The molecule has 272 valence electrons. The largest absolute Gasteiger partial charge is 0.394 e. The molecule has 16 nitrogen and oxygen atoms in total. The van der Waals surface area contributed by atoms with E-state index in [9.17, 15) is 61.0 Å². The predicted octanol–water partition coefficient (Wildman–Crippen LogP) is -3.05. The molecule has 0 amide bonds. The van der Waals surface area contributed by atoms with Crippen LogP contribution < -0.4 is 0 Å². The van der Waals surface area contributed by atoms with Gasteiger partial charge in [-0.2, -0.15) is 0 Å². The molecule has 2 rings (SSSR count). The molecule has 16 heteroatoms. The van der Waals surface area contributed by atoms with Crippen LogP contribution in [0.2, 0.25) is 0 Å². The van der Waals surface area contributed by atoms with Crippen molar-refractivity contribution in [3.05, 3.63) is 0 Å². The van der Waals surface area contributed by atoms with Gasteiger partial charge in [-0.15, -0.1) is 0 Å². The van der Waals surface area contributed by atoms with Crippen LogP contribution in [0.3, 0.4) is 0 Å². The first kappa shape index (κ1) is 41.2. The number of Topliss-reactive ketones (excluding diaryl/α,β-unsaturated/α-hetero) is 1. The van der Waals surface area contributed by atoms with E-state index in [1.807, 2.05) is 0 Å². The molecule has 14 atom stereocenters. The summed E-state index contributed by atoms with van der Waals surface area (Å²) in [6, 6.07) is 0. The normalized spacial score (nSPS) is 34.6. The lowest BCUT2D eigenvalue weighted by Gasteiger charge is -2.42. The average Bonchev–Trinajstić information content (AvgIpc) is 3.05. The van der Waals surface area contributed by atoms with Crippen molar-refractivity contribution >= 4 is 5.78 Å². The quantitative estimate of drug-likeness (QED) is 0.0510. The second-order valence-electron chi connectivity index (χ2n) is 12.3. The first-order valence-corrected chi connectivity index (χ1v) is 16.3. The Balaban J connectivity index is 1.77. The molecule has 2 heterocycles. The molecule has 0 aromatic heterocycles. The topological polar surface area (TPSA) is 277 Å². The lowest BCUT2D eigenvalue weighted by Crippen LogP contribution is -2.62. The van der Waals surface area contributed by atoms with Gasteiger partial charge in [0.2, 0.25) is 0 Å². The summed E-state index contributed by atoms with van der Waals surface area (Å²) in [4.78, 5) is 12.4. The number of unbranched alkanes of at least 4 members (excludes halogenated alkanes) is 9. The van der Waals surface area contributed by atoms with Gasteiger partial charge in [0, 0.05) is 6.42 Å². The minimum Gasteiger partial charge on any atom is -0.394 e. The van der Waals surface area contributed by atoms with Crippen LogP contribution in [-0.2, 0) is 23.7 Å². The molecule has 0 aromatic carbocycles. The fourth-order valence-corrected chi connectivity index (χ4v) is 5.42. The molecular weight excluding hydrogens is 616 g/mol. The van der Waals surface area contributed by atoms with Crippen LogP contribution in [0.1, 0.15) is 77.6 Å². The fourth-order valence-electron chi connectivity index (χ4n) is 5.42. The molecule has 46 heavy (non-hydrogen) atoms. The van der Waals surface area contributed by atoms with Crippen molar-refractivity contribution in [2.75, 3.05) is 19.8 Å². The highest BCUT2D eigenvalue weighted by molar-refractivity contribution is 5.83. The minimum atomic E-state index is -2.04. The fraction of sp³-hybridized carbons (Fsp3) is 0.967. The Morgan fingerprint density at radius 2 is 1.11 bits per heavy atom. The van der Waals surface area contributed by atoms with Gasteiger partial charge in [-0.25, -0.2) is 0 Å². The maximum atomic E-state index is 12.4. The molecule has 0 spiro atoms. The number of aliphatic hydroxyl groups excluding tert-OH is 11. The Labute approximate surface area is 269 Å². The molecule has 0 aromatic rings. The molecule has 2 saturated heterocycles. The number of hydrogen-bond donors (Lipinski definition) is 11. The van der Waals surface area contributed by atoms with E-state index < -0.39 is 111 Å². The van der Waals surface area contributed by atoms with E-state index >= 15 is 0 Å². The maximum Gasteiger partial charge on any atom is 0.186 e. The number of carbonyl (C=O) groups is 1. The number of aliphatic hydroxyl groups is 11. The van der Waals surface area contributed by atoms with Crippen LogP contribution in [0.4, 0.5) is 0 Å². The van der Waals surface area contributed by atoms with Crippen molar-refractivity contribution in [3.8, 4) is 0 Å². The van der Waals surface area contributed by atoms with Gasteiger partial charge in [-0.05, 0) is 6.42 Å². The molecular formula is C30H56O16. The average molecular weight is 673 g/mol. The van der Waals surface area contributed by atoms with E-state index in [1.165, 1.54) is 32.1 Å². The van der Waals surface area contributed by atoms with Crippen molar-refractivity contribution in [2.45, 2.75) is 163 Å². The molecule has 0 bridgehead atoms. The van der Waals surface area contributed by atoms with Crippen LogP contribution in [-0.4, -0.2) is 168 Å². The first-order chi connectivity index (χ1) is 21.8. The Bertz CT molecular complexity index is 835. The smallest absolute Gasteiger partial charge is 0.186 e. The van der Waals surface area contributed by atoms with Gasteiger partial charge in [0.05, 0.1) is 19.8 Å². The van der Waals surface area contributed by atoms with Crippen LogP contribution in [0.15, 0.2) is 0 Å². The Morgan fingerprint density at radius 1 is 0.630 bits per heavy atom. The SMILES string of the molecule is CCCCCCCCCCCCC(=O)[C@H](O)[C@@H](O)[C@H](O)[C@H](O)CO[C@H]1O[C@H](CO[C@H]2O[C@H](CO)[C@@H](O)[C@H](O)[C@H]2O)[C@@H](O)[C@H](O)[C@H]1O. The number of rotatable bonds is 22. The zero-order valence-corrected chi connectivity index (χ0v) is 26.4. The Hall–Kier alpha value is -0.930. The summed E-state index contributed by atoms with van der Waals surface area (Å²) in [5.41, 5.74) is 0. The Morgan fingerprint density at radius 3 is 1.65 bits per heavy atom. The molecule has 2 fully saturated rings. The zero-order chi connectivity index (χ0) is 34.4. The molecule has 2 aliphatic heterocycles. The second kappa shape index (κ2) is 21.2. The first-order valence-electron chi connectivity index (χ1n) is 16.3. The molecule has 0 radical (unpaired) electrons. The summed E-state index contributed by atoms with van der Waals surface area (Å²) in [6.45, 7) is 0.0541. The molecule has 0 aliphatic carbocycles. The van der Waals surface area contributed by atoms with Gasteiger partial charge in [-0.3, -0.25) is 4.79 Å². The zero-order valence-electron chi connectivity index (χ0n) is 26.4. The Kier molecular flexibility index (Phi) is 19.0. The summed E-state index contributed by atoms with van der Waals surface area (Å²) in [6.07, 6.45) is -13.9. The van der Waals surface area contributed by atoms with Gasteiger partial charge in [0.1, 0.15) is 73.2 Å². The minimum absolute atomic E-state index is 0.0110. The van der Waals surface area contributed by atoms with Gasteiger partial charge < -0.3 is 75.1 Å². The van der Waals surface area contributed by atoms with Crippen molar-refractivity contribution < 1.29 is 79.9 Å². The van der Waals surface area contributed by atoms with E-state index in [1.54, 1.807) is 0 Å². The summed E-state index contributed by atoms with van der Waals surface area (Å²) in [7, 11) is 0. The van der Waals surface area contributed by atoms with Gasteiger partial charge >= 0.3 is 0 Å². The number of carbonyl (C=O) groups excluding carboxylic acids is 1. The lowest BCUT2D eigenvalue weighted by atomic mass is 9.97. The van der Waals surface area contributed by atoms with Crippen LogP contribution in [0.25, 0.3) is 0 Å².